The molecule has 1 atom stereocenters. The summed E-state index contributed by atoms with van der Waals surface area (Å²) in [5, 5.41) is 19.3. The standard InChI is InChI=1S/C22H19N4O2S/c1-2-17-18(12-23)21(26-10-8-16(28)9-11-26)25-22(19(17)13-24)29-20(14-27)15-6-4-3-5-7-15/h3-7,20H,2,8-11H2,1H3. The number of ketones is 1. The Morgan fingerprint density at radius 1 is 1.14 bits per heavy atom. The SMILES string of the molecule is CCc1c(C#N)c(SC([C]=O)c2ccccc2)nc(N2CCC(=O)CC2)c1C#N. The van der Waals surface area contributed by atoms with Crippen LogP contribution >= 0.6 is 11.8 Å². The van der Waals surface area contributed by atoms with Gasteiger partial charge in [-0.05, 0) is 17.5 Å². The fourth-order valence-corrected chi connectivity index (χ4v) is 4.36. The Labute approximate surface area is 174 Å². The topological polar surface area (TPSA) is 97.8 Å². The number of hydrogen-bond donors (Lipinski definition) is 0. The molecule has 0 saturated carbocycles. The van der Waals surface area contributed by atoms with Gasteiger partial charge >= 0.3 is 0 Å². The summed E-state index contributed by atoms with van der Waals surface area (Å²) < 4.78 is 0. The number of aromatic nitrogens is 1. The second kappa shape index (κ2) is 9.36. The van der Waals surface area contributed by atoms with Gasteiger partial charge in [-0.15, -0.1) is 0 Å². The fraction of sp³-hybridized carbons (Fsp3) is 0.318. The smallest absolute Gasteiger partial charge is 0.217 e. The molecular weight excluding hydrogens is 384 g/mol. The average molecular weight is 403 g/mol. The van der Waals surface area contributed by atoms with Crippen LogP contribution in [0, 0.1) is 22.7 Å². The van der Waals surface area contributed by atoms with Crippen LogP contribution in [0.5, 0.6) is 0 Å². The highest BCUT2D eigenvalue weighted by atomic mass is 32.2. The minimum absolute atomic E-state index is 0.193. The molecule has 1 saturated heterocycles. The zero-order valence-corrected chi connectivity index (χ0v) is 16.8. The van der Waals surface area contributed by atoms with Crippen molar-refractivity contribution in [3.8, 4) is 12.1 Å². The van der Waals surface area contributed by atoms with E-state index in [1.165, 1.54) is 0 Å². The molecule has 29 heavy (non-hydrogen) atoms. The number of carbonyl (C=O) groups is 1. The molecule has 0 spiro atoms. The normalized spacial score (nSPS) is 14.7. The van der Waals surface area contributed by atoms with E-state index in [9.17, 15) is 20.1 Å². The summed E-state index contributed by atoms with van der Waals surface area (Å²) in [7, 11) is 0. The van der Waals surface area contributed by atoms with Gasteiger partial charge in [0.05, 0.1) is 11.1 Å². The van der Waals surface area contributed by atoms with Crippen molar-refractivity contribution in [1.29, 1.82) is 10.5 Å². The zero-order valence-electron chi connectivity index (χ0n) is 16.0. The highest BCUT2D eigenvalue weighted by Crippen LogP contribution is 2.38. The minimum atomic E-state index is -0.635. The molecule has 0 bridgehead atoms. The molecule has 3 rings (SSSR count). The van der Waals surface area contributed by atoms with E-state index >= 15 is 0 Å². The third kappa shape index (κ3) is 4.31. The van der Waals surface area contributed by atoms with E-state index in [1.54, 1.807) is 0 Å². The van der Waals surface area contributed by atoms with E-state index in [0.29, 0.717) is 59.9 Å². The number of anilines is 1. The van der Waals surface area contributed by atoms with Crippen molar-refractivity contribution in [2.45, 2.75) is 36.5 Å². The van der Waals surface area contributed by atoms with Crippen LogP contribution in [0.15, 0.2) is 35.4 Å². The molecule has 145 valence electrons. The van der Waals surface area contributed by atoms with Crippen molar-refractivity contribution in [2.24, 2.45) is 0 Å². The van der Waals surface area contributed by atoms with Crippen LogP contribution in [0.3, 0.4) is 0 Å². The van der Waals surface area contributed by atoms with Gasteiger partial charge in [-0.1, -0.05) is 49.0 Å². The first kappa shape index (κ1) is 20.6. The van der Waals surface area contributed by atoms with Crippen molar-refractivity contribution in [1.82, 2.24) is 4.98 Å². The quantitative estimate of drug-likeness (QED) is 0.681. The minimum Gasteiger partial charge on any atom is -0.355 e. The lowest BCUT2D eigenvalue weighted by Gasteiger charge is -2.29. The number of Topliss-reactive ketones (excluding diaryl/α,β-unsaturated/α-hetero) is 1. The van der Waals surface area contributed by atoms with E-state index in [-0.39, 0.29) is 5.78 Å². The number of benzene rings is 1. The summed E-state index contributed by atoms with van der Waals surface area (Å²) in [5.41, 5.74) is 2.08. The third-order valence-corrected chi connectivity index (χ3v) is 6.01. The number of hydrogen-bond acceptors (Lipinski definition) is 7. The average Bonchev–Trinajstić information content (AvgIpc) is 2.77. The zero-order chi connectivity index (χ0) is 20.8. The maximum atomic E-state index is 11.7. The van der Waals surface area contributed by atoms with Crippen LogP contribution in [0.1, 0.15) is 47.3 Å². The Morgan fingerprint density at radius 3 is 2.34 bits per heavy atom. The van der Waals surface area contributed by atoms with E-state index in [0.717, 1.165) is 17.3 Å². The van der Waals surface area contributed by atoms with Gasteiger partial charge in [-0.3, -0.25) is 9.59 Å². The lowest BCUT2D eigenvalue weighted by molar-refractivity contribution is -0.119. The summed E-state index contributed by atoms with van der Waals surface area (Å²) in [6, 6.07) is 13.6. The Bertz CT molecular complexity index is 998. The van der Waals surface area contributed by atoms with Crippen molar-refractivity contribution in [3.63, 3.8) is 0 Å². The van der Waals surface area contributed by atoms with Crippen molar-refractivity contribution >= 4 is 29.6 Å². The van der Waals surface area contributed by atoms with E-state index < -0.39 is 5.25 Å². The maximum Gasteiger partial charge on any atom is 0.217 e. The highest BCUT2D eigenvalue weighted by Gasteiger charge is 2.27. The molecule has 0 N–H and O–H groups in total. The molecule has 0 aliphatic carbocycles. The summed E-state index contributed by atoms with van der Waals surface area (Å²) in [6.45, 7) is 2.86. The molecule has 1 fully saturated rings. The molecule has 2 heterocycles. The monoisotopic (exact) mass is 403 g/mol. The lowest BCUT2D eigenvalue weighted by atomic mass is 10.0. The van der Waals surface area contributed by atoms with Gasteiger partial charge in [0, 0.05) is 25.9 Å². The van der Waals surface area contributed by atoms with Crippen LogP contribution < -0.4 is 4.90 Å². The van der Waals surface area contributed by atoms with Gasteiger partial charge in [-0.25, -0.2) is 4.98 Å². The van der Waals surface area contributed by atoms with Crippen molar-refractivity contribution in [3.05, 3.63) is 52.6 Å². The summed E-state index contributed by atoms with van der Waals surface area (Å²) in [6.07, 6.45) is 3.33. The van der Waals surface area contributed by atoms with Gasteiger partial charge < -0.3 is 4.90 Å². The fourth-order valence-electron chi connectivity index (χ4n) is 3.36. The predicted molar refractivity (Wildman–Crippen MR) is 110 cm³/mol. The third-order valence-electron chi connectivity index (χ3n) is 4.89. The Balaban J connectivity index is 2.09. The number of nitrogens with zero attached hydrogens (tertiary/aromatic N) is 4. The summed E-state index contributed by atoms with van der Waals surface area (Å²) in [5.74, 6) is 0.675. The molecule has 1 aliphatic rings. The second-order valence-corrected chi connectivity index (χ2v) is 7.69. The van der Waals surface area contributed by atoms with Gasteiger partial charge in [-0.2, -0.15) is 10.5 Å². The van der Waals surface area contributed by atoms with Crippen LogP contribution in [0.2, 0.25) is 0 Å². The van der Waals surface area contributed by atoms with Crippen molar-refractivity contribution < 1.29 is 9.59 Å². The molecule has 1 aromatic carbocycles. The van der Waals surface area contributed by atoms with Crippen LogP contribution in [-0.2, 0) is 16.0 Å². The van der Waals surface area contributed by atoms with E-state index in [2.05, 4.69) is 17.1 Å². The Morgan fingerprint density at radius 2 is 1.79 bits per heavy atom. The van der Waals surface area contributed by atoms with Gasteiger partial charge in [0.15, 0.2) is 0 Å². The number of rotatable bonds is 6. The summed E-state index contributed by atoms with van der Waals surface area (Å²) >= 11 is 1.16. The van der Waals surface area contributed by atoms with Crippen LogP contribution in [0.25, 0.3) is 0 Å². The summed E-state index contributed by atoms with van der Waals surface area (Å²) in [4.78, 5) is 29.8. The molecule has 1 radical (unpaired) electrons. The van der Waals surface area contributed by atoms with E-state index in [1.807, 2.05) is 48.4 Å². The maximum absolute atomic E-state index is 11.7. The number of pyridine rings is 1. The van der Waals surface area contributed by atoms with Crippen LogP contribution in [0.4, 0.5) is 5.82 Å². The molecular formula is C22H19N4O2S. The first-order valence-electron chi connectivity index (χ1n) is 9.35. The Kier molecular flexibility index (Phi) is 6.64. The van der Waals surface area contributed by atoms with Crippen molar-refractivity contribution in [2.75, 3.05) is 18.0 Å². The molecule has 6 nitrogen and oxygen atoms in total. The highest BCUT2D eigenvalue weighted by molar-refractivity contribution is 8.00. The molecule has 7 heteroatoms. The van der Waals surface area contributed by atoms with Gasteiger partial charge in [0.25, 0.3) is 0 Å². The molecule has 2 aromatic rings. The van der Waals surface area contributed by atoms with E-state index in [4.69, 9.17) is 0 Å². The second-order valence-electron chi connectivity index (χ2n) is 6.60. The largest absolute Gasteiger partial charge is 0.355 e. The van der Waals surface area contributed by atoms with Gasteiger partial charge in [0.1, 0.15) is 34.0 Å². The predicted octanol–water partition coefficient (Wildman–Crippen LogP) is 3.50. The molecule has 1 aliphatic heterocycles. The number of thioether (sulfide) groups is 1. The van der Waals surface area contributed by atoms with Crippen LogP contribution in [-0.4, -0.2) is 30.1 Å². The lowest BCUT2D eigenvalue weighted by Crippen LogP contribution is -2.35. The molecule has 1 aromatic heterocycles. The number of carbonyl (C=O) groups excluding carboxylic acids is 2. The number of piperidine rings is 1. The molecule has 0 amide bonds. The molecule has 1 unspecified atom stereocenters. The first-order valence-corrected chi connectivity index (χ1v) is 10.2. The Hall–Kier alpha value is -3.16. The number of nitriles is 2. The first-order chi connectivity index (χ1) is 14.1. The van der Waals surface area contributed by atoms with Gasteiger partial charge in [0.2, 0.25) is 6.29 Å².